The summed E-state index contributed by atoms with van der Waals surface area (Å²) in [6.45, 7) is 3.07. The van der Waals surface area contributed by atoms with Gasteiger partial charge in [-0.15, -0.1) is 0 Å². The van der Waals surface area contributed by atoms with Gasteiger partial charge in [-0.1, -0.05) is 0 Å². The number of morpholine rings is 1. The first-order chi connectivity index (χ1) is 6.72. The van der Waals surface area contributed by atoms with Gasteiger partial charge < -0.3 is 19.4 Å². The van der Waals surface area contributed by atoms with Crippen LogP contribution in [0.3, 0.4) is 0 Å². The molecule has 0 aromatic carbocycles. The zero-order valence-electron chi connectivity index (χ0n) is 8.43. The minimum atomic E-state index is -0.429. The highest BCUT2D eigenvalue weighted by atomic mass is 16.5. The molecule has 2 atom stereocenters. The van der Waals surface area contributed by atoms with Crippen LogP contribution in [0.1, 0.15) is 12.8 Å². The summed E-state index contributed by atoms with van der Waals surface area (Å²) < 4.78 is 5.44. The highest BCUT2D eigenvalue weighted by molar-refractivity contribution is 6.45. The van der Waals surface area contributed by atoms with Gasteiger partial charge in [0.15, 0.2) is 0 Å². The molecule has 2 saturated heterocycles. The Morgan fingerprint density at radius 1 is 1.43 bits per heavy atom. The summed E-state index contributed by atoms with van der Waals surface area (Å²) in [5.41, 5.74) is 0. The van der Waals surface area contributed by atoms with Crippen LogP contribution in [0, 0.1) is 5.92 Å². The molecule has 0 aliphatic carbocycles. The Kier molecular flexibility index (Phi) is 2.90. The van der Waals surface area contributed by atoms with Crippen molar-refractivity contribution in [3.8, 4) is 0 Å². The first-order valence-corrected chi connectivity index (χ1v) is 5.21. The topological polar surface area (TPSA) is 49.8 Å². The maximum atomic E-state index is 10.7. The standard InChI is InChI=1S/C9H16BNO3/c1-10(13)11-8-2-7(4-12)3-9(11)6-14-5-8/h4,7-9,13H,2-3,5-6H2,1H3. The van der Waals surface area contributed by atoms with Crippen LogP contribution in [0.15, 0.2) is 0 Å². The van der Waals surface area contributed by atoms with E-state index in [0.717, 1.165) is 19.1 Å². The molecule has 0 amide bonds. The number of piperidine rings is 1. The SMILES string of the molecule is CB(O)N1C2COCC1CC(C=O)C2. The van der Waals surface area contributed by atoms with Gasteiger partial charge >= 0.3 is 7.05 Å². The Morgan fingerprint density at radius 3 is 2.43 bits per heavy atom. The third kappa shape index (κ3) is 1.72. The van der Waals surface area contributed by atoms with E-state index in [1.165, 1.54) is 0 Å². The van der Waals surface area contributed by atoms with Crippen LogP contribution in [0.2, 0.25) is 6.82 Å². The van der Waals surface area contributed by atoms with Gasteiger partial charge in [0.1, 0.15) is 6.29 Å². The van der Waals surface area contributed by atoms with Crippen LogP contribution in [0.5, 0.6) is 0 Å². The third-order valence-electron chi connectivity index (χ3n) is 3.24. The third-order valence-corrected chi connectivity index (χ3v) is 3.24. The van der Waals surface area contributed by atoms with E-state index in [1.807, 2.05) is 0 Å². The molecule has 0 saturated carbocycles. The molecule has 4 nitrogen and oxygen atoms in total. The summed E-state index contributed by atoms with van der Waals surface area (Å²) in [4.78, 5) is 12.8. The van der Waals surface area contributed by atoms with Crippen molar-refractivity contribution >= 4 is 13.3 Å². The fraction of sp³-hybridized carbons (Fsp3) is 0.889. The average molecular weight is 197 g/mol. The van der Waals surface area contributed by atoms with E-state index >= 15 is 0 Å². The molecular weight excluding hydrogens is 181 g/mol. The second kappa shape index (κ2) is 4.00. The molecule has 0 aromatic heterocycles. The smallest absolute Gasteiger partial charge is 0.377 e. The lowest BCUT2D eigenvalue weighted by molar-refractivity contribution is -0.117. The first kappa shape index (κ1) is 10.1. The van der Waals surface area contributed by atoms with Gasteiger partial charge in [-0.05, 0) is 19.7 Å². The van der Waals surface area contributed by atoms with E-state index in [1.54, 1.807) is 6.82 Å². The molecule has 0 aromatic rings. The van der Waals surface area contributed by atoms with Gasteiger partial charge in [-0.25, -0.2) is 0 Å². The van der Waals surface area contributed by atoms with Crippen molar-refractivity contribution in [3.05, 3.63) is 0 Å². The Morgan fingerprint density at radius 2 is 2.00 bits per heavy atom. The molecule has 2 rings (SSSR count). The lowest BCUT2D eigenvalue weighted by Gasteiger charge is -2.48. The normalized spacial score (nSPS) is 38.0. The van der Waals surface area contributed by atoms with Crippen molar-refractivity contribution in [2.45, 2.75) is 31.7 Å². The molecule has 2 unspecified atom stereocenters. The van der Waals surface area contributed by atoms with E-state index in [2.05, 4.69) is 4.81 Å². The quantitative estimate of drug-likeness (QED) is 0.491. The molecular formula is C9H16BNO3. The molecule has 2 aliphatic heterocycles. The lowest BCUT2D eigenvalue weighted by atomic mass is 9.74. The average Bonchev–Trinajstić information content (AvgIpc) is 2.15. The number of rotatable bonds is 2. The molecule has 2 aliphatic rings. The van der Waals surface area contributed by atoms with E-state index < -0.39 is 7.05 Å². The number of aldehydes is 1. The van der Waals surface area contributed by atoms with Crippen LogP contribution >= 0.6 is 0 Å². The van der Waals surface area contributed by atoms with Gasteiger partial charge in [0.2, 0.25) is 0 Å². The van der Waals surface area contributed by atoms with Gasteiger partial charge in [-0.3, -0.25) is 0 Å². The molecule has 0 spiro atoms. The van der Waals surface area contributed by atoms with Crippen LogP contribution in [0.25, 0.3) is 0 Å². The Hall–Kier alpha value is -0.385. The molecule has 2 bridgehead atoms. The van der Waals surface area contributed by atoms with Gasteiger partial charge in [0.25, 0.3) is 0 Å². The van der Waals surface area contributed by atoms with Crippen LogP contribution in [0.4, 0.5) is 0 Å². The van der Waals surface area contributed by atoms with Gasteiger partial charge in [-0.2, -0.15) is 0 Å². The van der Waals surface area contributed by atoms with E-state index in [4.69, 9.17) is 4.74 Å². The van der Waals surface area contributed by atoms with Crippen LogP contribution < -0.4 is 0 Å². The van der Waals surface area contributed by atoms with Crippen LogP contribution in [-0.4, -0.2) is 48.5 Å². The van der Waals surface area contributed by atoms with E-state index in [-0.39, 0.29) is 18.0 Å². The summed E-state index contributed by atoms with van der Waals surface area (Å²) in [7, 11) is -0.429. The van der Waals surface area contributed by atoms with E-state index in [0.29, 0.717) is 13.2 Å². The number of ether oxygens (including phenoxy) is 1. The first-order valence-electron chi connectivity index (χ1n) is 5.21. The predicted octanol–water partition coefficient (Wildman–Crippen LogP) is -0.225. The number of nitrogens with zero attached hydrogens (tertiary/aromatic N) is 1. The monoisotopic (exact) mass is 197 g/mol. The largest absolute Gasteiger partial charge is 0.437 e. The second-order valence-electron chi connectivity index (χ2n) is 4.29. The maximum absolute atomic E-state index is 10.7. The van der Waals surface area contributed by atoms with Crippen molar-refractivity contribution in [2.24, 2.45) is 5.92 Å². The summed E-state index contributed by atoms with van der Waals surface area (Å²) in [5, 5.41) is 9.62. The summed E-state index contributed by atoms with van der Waals surface area (Å²) in [6, 6.07) is 0.440. The van der Waals surface area contributed by atoms with Crippen molar-refractivity contribution in [1.29, 1.82) is 0 Å². The zero-order chi connectivity index (χ0) is 10.1. The molecule has 2 heterocycles. The summed E-state index contributed by atoms with van der Waals surface area (Å²) in [5.74, 6) is 0.156. The number of carbonyl (C=O) groups excluding carboxylic acids is 1. The highest BCUT2D eigenvalue weighted by Gasteiger charge is 2.41. The predicted molar refractivity (Wildman–Crippen MR) is 52.9 cm³/mol. The van der Waals surface area contributed by atoms with Crippen molar-refractivity contribution in [3.63, 3.8) is 0 Å². The molecule has 78 valence electrons. The fourth-order valence-corrected chi connectivity index (χ4v) is 2.71. The van der Waals surface area contributed by atoms with Gasteiger partial charge in [0.05, 0.1) is 13.2 Å². The number of hydrogen-bond acceptors (Lipinski definition) is 4. The Labute approximate surface area is 84.4 Å². The van der Waals surface area contributed by atoms with Gasteiger partial charge in [0, 0.05) is 18.0 Å². The Balaban J connectivity index is 2.11. The minimum absolute atomic E-state index is 0.156. The van der Waals surface area contributed by atoms with Crippen molar-refractivity contribution in [1.82, 2.24) is 4.81 Å². The molecule has 14 heavy (non-hydrogen) atoms. The second-order valence-corrected chi connectivity index (χ2v) is 4.29. The van der Waals surface area contributed by atoms with Crippen molar-refractivity contribution in [2.75, 3.05) is 13.2 Å². The number of hydrogen-bond donors (Lipinski definition) is 1. The lowest BCUT2D eigenvalue weighted by Crippen LogP contribution is -2.61. The highest BCUT2D eigenvalue weighted by Crippen LogP contribution is 2.30. The zero-order valence-corrected chi connectivity index (χ0v) is 8.43. The van der Waals surface area contributed by atoms with Crippen LogP contribution in [-0.2, 0) is 9.53 Å². The molecule has 1 N–H and O–H groups in total. The number of carbonyl (C=O) groups is 1. The Bertz CT molecular complexity index is 210. The minimum Gasteiger partial charge on any atom is -0.437 e. The maximum Gasteiger partial charge on any atom is 0.377 e. The van der Waals surface area contributed by atoms with E-state index in [9.17, 15) is 9.82 Å². The summed E-state index contributed by atoms with van der Waals surface area (Å²) >= 11 is 0. The fourth-order valence-electron chi connectivity index (χ4n) is 2.71. The van der Waals surface area contributed by atoms with Crippen molar-refractivity contribution < 1.29 is 14.6 Å². The molecule has 0 radical (unpaired) electrons. The summed E-state index contributed by atoms with van der Waals surface area (Å²) in [6.07, 6.45) is 2.69. The number of fused-ring (bicyclic) bond motifs is 2. The molecule has 2 fully saturated rings. The molecule has 5 heteroatoms.